The molecule has 5 nitrogen and oxygen atoms in total. The topological polar surface area (TPSA) is 46.2 Å². The lowest BCUT2D eigenvalue weighted by Gasteiger charge is -2.48. The van der Waals surface area contributed by atoms with Crippen LogP contribution in [0.15, 0.2) is 36.6 Å². The molecule has 29 heavy (non-hydrogen) atoms. The van der Waals surface area contributed by atoms with Gasteiger partial charge in [0.2, 0.25) is 8.32 Å². The van der Waals surface area contributed by atoms with E-state index in [1.165, 1.54) is 0 Å². The van der Waals surface area contributed by atoms with Gasteiger partial charge in [0, 0.05) is 5.56 Å². The lowest BCUT2D eigenvalue weighted by atomic mass is 10.0. The van der Waals surface area contributed by atoms with Crippen molar-refractivity contribution in [2.45, 2.75) is 82.8 Å². The van der Waals surface area contributed by atoms with Gasteiger partial charge in [0.05, 0.1) is 26.1 Å². The predicted octanol–water partition coefficient (Wildman–Crippen LogP) is 5.58. The van der Waals surface area contributed by atoms with Gasteiger partial charge in [-0.1, -0.05) is 53.7 Å². The van der Waals surface area contributed by atoms with Crippen molar-refractivity contribution in [1.82, 2.24) is 0 Å². The minimum absolute atomic E-state index is 0.128. The zero-order valence-electron chi connectivity index (χ0n) is 18.8. The van der Waals surface area contributed by atoms with Crippen molar-refractivity contribution in [3.05, 3.63) is 42.2 Å². The molecule has 0 saturated carbocycles. The molecule has 162 valence electrons. The molecule has 0 aromatic heterocycles. The number of hydrogen-bond donors (Lipinski definition) is 0. The number of ether oxygens (including phenoxy) is 4. The zero-order chi connectivity index (χ0) is 21.2. The first kappa shape index (κ1) is 22.3. The maximum absolute atomic E-state index is 7.03. The van der Waals surface area contributed by atoms with E-state index in [1.54, 1.807) is 13.4 Å². The van der Waals surface area contributed by atoms with Crippen LogP contribution >= 0.6 is 0 Å². The van der Waals surface area contributed by atoms with E-state index in [1.807, 2.05) is 30.3 Å². The molecule has 2 unspecified atom stereocenters. The molecule has 3 rings (SSSR count). The second-order valence-corrected chi connectivity index (χ2v) is 14.3. The standard InChI is InChI=1S/C23H36O5Si/c1-15(2)29(16(3)4,17(5)6)28-20-12-13-25-21-14-26-23(27-22(20)21)18-8-10-19(24-7)11-9-18/h8-13,15-17,20-23H,14H2,1-7H3/t20-,21?,22+,23?/m0/s1. The van der Waals surface area contributed by atoms with Crippen LogP contribution in [0, 0.1) is 0 Å². The van der Waals surface area contributed by atoms with Crippen LogP contribution in [0.2, 0.25) is 16.6 Å². The molecule has 0 amide bonds. The van der Waals surface area contributed by atoms with E-state index in [-0.39, 0.29) is 18.3 Å². The van der Waals surface area contributed by atoms with Gasteiger partial charge in [-0.3, -0.25) is 0 Å². The van der Waals surface area contributed by atoms with E-state index in [2.05, 4.69) is 41.5 Å². The summed E-state index contributed by atoms with van der Waals surface area (Å²) in [5.41, 5.74) is 2.50. The highest BCUT2D eigenvalue weighted by molar-refractivity contribution is 6.77. The average molecular weight is 421 g/mol. The summed E-state index contributed by atoms with van der Waals surface area (Å²) in [6.07, 6.45) is 2.87. The Kier molecular flexibility index (Phi) is 7.09. The molecule has 2 aliphatic rings. The molecule has 1 aromatic rings. The second kappa shape index (κ2) is 9.21. The molecule has 0 bridgehead atoms. The molecule has 1 aromatic carbocycles. The summed E-state index contributed by atoms with van der Waals surface area (Å²) in [5.74, 6) is 0.814. The van der Waals surface area contributed by atoms with Gasteiger partial charge in [0.1, 0.15) is 11.9 Å². The van der Waals surface area contributed by atoms with E-state index < -0.39 is 14.6 Å². The van der Waals surface area contributed by atoms with Crippen molar-refractivity contribution in [3.63, 3.8) is 0 Å². The van der Waals surface area contributed by atoms with Gasteiger partial charge in [-0.05, 0) is 34.8 Å². The van der Waals surface area contributed by atoms with E-state index in [0.717, 1.165) is 11.3 Å². The van der Waals surface area contributed by atoms with Gasteiger partial charge in [0.25, 0.3) is 0 Å². The summed E-state index contributed by atoms with van der Waals surface area (Å²) < 4.78 is 30.5. The third-order valence-corrected chi connectivity index (χ3v) is 12.4. The first-order valence-electron chi connectivity index (χ1n) is 10.7. The smallest absolute Gasteiger partial charge is 0.201 e. The number of benzene rings is 1. The van der Waals surface area contributed by atoms with Crippen molar-refractivity contribution in [3.8, 4) is 5.75 Å². The van der Waals surface area contributed by atoms with Crippen molar-refractivity contribution < 1.29 is 23.4 Å². The van der Waals surface area contributed by atoms with E-state index in [9.17, 15) is 0 Å². The number of hydrogen-bond acceptors (Lipinski definition) is 5. The van der Waals surface area contributed by atoms with Gasteiger partial charge in [0.15, 0.2) is 12.4 Å². The van der Waals surface area contributed by atoms with Gasteiger partial charge >= 0.3 is 0 Å². The monoisotopic (exact) mass is 420 g/mol. The summed E-state index contributed by atoms with van der Waals surface area (Å²) in [6, 6.07) is 7.81. The largest absolute Gasteiger partial charge is 0.497 e. The Bertz CT molecular complexity index is 663. The Balaban J connectivity index is 1.82. The second-order valence-electron chi connectivity index (χ2n) is 8.94. The summed E-state index contributed by atoms with van der Waals surface area (Å²) in [6.45, 7) is 14.3. The Labute approximate surface area is 176 Å². The van der Waals surface area contributed by atoms with Crippen LogP contribution in [0.25, 0.3) is 0 Å². The number of methoxy groups -OCH3 is 1. The van der Waals surface area contributed by atoms with Crippen LogP contribution in [-0.2, 0) is 18.6 Å². The highest BCUT2D eigenvalue weighted by atomic mass is 28.4. The first-order chi connectivity index (χ1) is 13.8. The average Bonchev–Trinajstić information content (AvgIpc) is 2.71. The summed E-state index contributed by atoms with van der Waals surface area (Å²) in [7, 11) is -0.387. The van der Waals surface area contributed by atoms with Crippen molar-refractivity contribution in [2.24, 2.45) is 0 Å². The molecule has 0 radical (unpaired) electrons. The number of rotatable bonds is 7. The van der Waals surface area contributed by atoms with Gasteiger partial charge in [-0.2, -0.15) is 0 Å². The SMILES string of the molecule is COc1ccc(C2OCC3OC=C[C@H](O[Si](C(C)C)(C(C)C)C(C)C)[C@H]3O2)cc1. The molecular formula is C23H36O5Si. The van der Waals surface area contributed by atoms with Gasteiger partial charge < -0.3 is 23.4 Å². The highest BCUT2D eigenvalue weighted by Crippen LogP contribution is 2.45. The predicted molar refractivity (Wildman–Crippen MR) is 116 cm³/mol. The van der Waals surface area contributed by atoms with Crippen LogP contribution < -0.4 is 4.74 Å². The lowest BCUT2D eigenvalue weighted by molar-refractivity contribution is -0.275. The van der Waals surface area contributed by atoms with E-state index in [4.69, 9.17) is 23.4 Å². The Hall–Kier alpha value is -1.34. The first-order valence-corrected chi connectivity index (χ1v) is 12.8. The van der Waals surface area contributed by atoms with Crippen molar-refractivity contribution >= 4 is 8.32 Å². The van der Waals surface area contributed by atoms with Crippen LogP contribution in [0.4, 0.5) is 0 Å². The molecular weight excluding hydrogens is 384 g/mol. The van der Waals surface area contributed by atoms with Gasteiger partial charge in [-0.15, -0.1) is 0 Å². The molecule has 2 aliphatic heterocycles. The Morgan fingerprint density at radius 2 is 1.59 bits per heavy atom. The maximum atomic E-state index is 7.03. The summed E-state index contributed by atoms with van der Waals surface area (Å²) in [4.78, 5) is 0. The van der Waals surface area contributed by atoms with Crippen LogP contribution in [0.5, 0.6) is 5.75 Å². The summed E-state index contributed by atoms with van der Waals surface area (Å²) >= 11 is 0. The minimum atomic E-state index is -2.05. The molecule has 1 saturated heterocycles. The molecule has 6 heteroatoms. The fraction of sp³-hybridized carbons (Fsp3) is 0.652. The molecule has 2 heterocycles. The zero-order valence-corrected chi connectivity index (χ0v) is 19.8. The Morgan fingerprint density at radius 1 is 0.966 bits per heavy atom. The molecule has 0 N–H and O–H groups in total. The van der Waals surface area contributed by atoms with Crippen LogP contribution in [0.1, 0.15) is 53.4 Å². The number of fused-ring (bicyclic) bond motifs is 1. The normalized spacial score (nSPS) is 27.2. The van der Waals surface area contributed by atoms with Crippen molar-refractivity contribution in [1.29, 1.82) is 0 Å². The maximum Gasteiger partial charge on any atom is 0.201 e. The fourth-order valence-corrected chi connectivity index (χ4v) is 10.5. The lowest BCUT2D eigenvalue weighted by Crippen LogP contribution is -2.57. The fourth-order valence-electron chi connectivity index (χ4n) is 4.97. The molecule has 0 aliphatic carbocycles. The quantitative estimate of drug-likeness (QED) is 0.539. The minimum Gasteiger partial charge on any atom is -0.497 e. The third-order valence-electron chi connectivity index (χ3n) is 6.34. The van der Waals surface area contributed by atoms with Crippen LogP contribution in [-0.4, -0.2) is 40.3 Å². The van der Waals surface area contributed by atoms with Crippen molar-refractivity contribution in [2.75, 3.05) is 13.7 Å². The Morgan fingerprint density at radius 3 is 2.14 bits per heavy atom. The van der Waals surface area contributed by atoms with Gasteiger partial charge in [-0.25, -0.2) is 0 Å². The van der Waals surface area contributed by atoms with E-state index >= 15 is 0 Å². The molecule has 0 spiro atoms. The molecule has 1 fully saturated rings. The third kappa shape index (κ3) is 4.40. The van der Waals surface area contributed by atoms with E-state index in [0.29, 0.717) is 23.2 Å². The summed E-state index contributed by atoms with van der Waals surface area (Å²) in [5, 5.41) is 0. The van der Waals surface area contributed by atoms with Crippen LogP contribution in [0.3, 0.4) is 0 Å². The highest BCUT2D eigenvalue weighted by Gasteiger charge is 2.50. The molecule has 4 atom stereocenters.